The monoisotopic (exact) mass is 340 g/mol. The topological polar surface area (TPSA) is 50.2 Å². The molecule has 0 saturated heterocycles. The van der Waals surface area contributed by atoms with Gasteiger partial charge in [-0.15, -0.1) is 0 Å². The highest BCUT2D eigenvalue weighted by molar-refractivity contribution is 5.92. The number of aryl methyl sites for hydroxylation is 3. The fourth-order valence-corrected chi connectivity index (χ4v) is 2.83. The van der Waals surface area contributed by atoms with E-state index in [0.29, 0.717) is 6.54 Å². The van der Waals surface area contributed by atoms with Gasteiger partial charge in [0.2, 0.25) is 5.91 Å². The summed E-state index contributed by atoms with van der Waals surface area (Å²) in [6.07, 6.45) is 3.42. The average molecular weight is 340 g/mol. The maximum Gasteiger partial charge on any atom is 0.244 e. The fourth-order valence-electron chi connectivity index (χ4n) is 2.83. The predicted octanol–water partition coefficient (Wildman–Crippen LogP) is 2.78. The van der Waals surface area contributed by atoms with E-state index in [0.717, 1.165) is 17.0 Å². The number of aromatic nitrogens is 2. The van der Waals surface area contributed by atoms with Crippen LogP contribution < -0.4 is 5.32 Å². The SMILES string of the molecule is Cc1ccc([C@H](CNC(=O)/C=C/c2c(C)nn(C)c2C)N(C)C)cc1. The molecule has 25 heavy (non-hydrogen) atoms. The summed E-state index contributed by atoms with van der Waals surface area (Å²) < 4.78 is 1.83. The van der Waals surface area contributed by atoms with Crippen LogP contribution in [-0.4, -0.2) is 41.2 Å². The highest BCUT2D eigenvalue weighted by Crippen LogP contribution is 2.18. The molecule has 5 nitrogen and oxygen atoms in total. The number of rotatable bonds is 6. The Hall–Kier alpha value is -2.40. The van der Waals surface area contributed by atoms with Crippen molar-refractivity contribution in [2.75, 3.05) is 20.6 Å². The van der Waals surface area contributed by atoms with Crippen molar-refractivity contribution in [2.24, 2.45) is 7.05 Å². The molecular formula is C20H28N4O. The minimum atomic E-state index is -0.0957. The highest BCUT2D eigenvalue weighted by atomic mass is 16.1. The number of amides is 1. The molecule has 1 amide bonds. The van der Waals surface area contributed by atoms with Crippen LogP contribution in [0.25, 0.3) is 6.08 Å². The molecule has 1 heterocycles. The van der Waals surface area contributed by atoms with Gasteiger partial charge in [0.05, 0.1) is 11.7 Å². The van der Waals surface area contributed by atoms with Crippen molar-refractivity contribution in [3.8, 4) is 0 Å². The van der Waals surface area contributed by atoms with Gasteiger partial charge in [0.25, 0.3) is 0 Å². The first kappa shape index (κ1) is 18.9. The summed E-state index contributed by atoms with van der Waals surface area (Å²) in [5.41, 5.74) is 5.40. The summed E-state index contributed by atoms with van der Waals surface area (Å²) in [4.78, 5) is 14.3. The summed E-state index contributed by atoms with van der Waals surface area (Å²) >= 11 is 0. The van der Waals surface area contributed by atoms with Gasteiger partial charge in [-0.2, -0.15) is 5.10 Å². The first-order valence-corrected chi connectivity index (χ1v) is 8.48. The van der Waals surface area contributed by atoms with E-state index in [1.807, 2.05) is 45.7 Å². The first-order chi connectivity index (χ1) is 11.8. The quantitative estimate of drug-likeness (QED) is 0.823. The van der Waals surface area contributed by atoms with Gasteiger partial charge in [0, 0.05) is 30.9 Å². The van der Waals surface area contributed by atoms with Crippen molar-refractivity contribution < 1.29 is 4.79 Å². The van der Waals surface area contributed by atoms with Crippen LogP contribution >= 0.6 is 0 Å². The Labute approximate surface area is 150 Å². The lowest BCUT2D eigenvalue weighted by Gasteiger charge is -2.25. The predicted molar refractivity (Wildman–Crippen MR) is 102 cm³/mol. The van der Waals surface area contributed by atoms with Gasteiger partial charge >= 0.3 is 0 Å². The van der Waals surface area contributed by atoms with Gasteiger partial charge in [-0.3, -0.25) is 9.48 Å². The summed E-state index contributed by atoms with van der Waals surface area (Å²) in [6.45, 7) is 6.58. The fraction of sp³-hybridized carbons (Fsp3) is 0.400. The number of hydrogen-bond acceptors (Lipinski definition) is 3. The maximum atomic E-state index is 12.2. The number of carbonyl (C=O) groups is 1. The molecule has 134 valence electrons. The van der Waals surface area contributed by atoms with E-state index in [1.54, 1.807) is 6.08 Å². The average Bonchev–Trinajstić information content (AvgIpc) is 2.79. The van der Waals surface area contributed by atoms with Crippen molar-refractivity contribution >= 4 is 12.0 Å². The molecule has 0 aliphatic carbocycles. The van der Waals surface area contributed by atoms with Gasteiger partial charge in [0.15, 0.2) is 0 Å². The van der Waals surface area contributed by atoms with Crippen LogP contribution in [0, 0.1) is 20.8 Å². The third kappa shape index (κ3) is 4.79. The lowest BCUT2D eigenvalue weighted by molar-refractivity contribution is -0.116. The smallest absolute Gasteiger partial charge is 0.244 e. The zero-order valence-corrected chi connectivity index (χ0v) is 16.0. The lowest BCUT2D eigenvalue weighted by atomic mass is 10.0. The molecule has 2 rings (SSSR count). The Morgan fingerprint density at radius 1 is 1.24 bits per heavy atom. The Balaban J connectivity index is 2.01. The lowest BCUT2D eigenvalue weighted by Crippen LogP contribution is -2.33. The molecule has 0 aliphatic heterocycles. The molecule has 0 spiro atoms. The zero-order valence-electron chi connectivity index (χ0n) is 16.0. The van der Waals surface area contributed by atoms with Gasteiger partial charge in [-0.05, 0) is 46.5 Å². The van der Waals surface area contributed by atoms with Crippen molar-refractivity contribution in [3.05, 3.63) is 58.4 Å². The van der Waals surface area contributed by atoms with Crippen molar-refractivity contribution in [2.45, 2.75) is 26.8 Å². The van der Waals surface area contributed by atoms with Crippen LogP contribution in [0.5, 0.6) is 0 Å². The number of benzene rings is 1. The van der Waals surface area contributed by atoms with E-state index >= 15 is 0 Å². The molecule has 0 radical (unpaired) electrons. The molecule has 1 N–H and O–H groups in total. The molecule has 1 aromatic heterocycles. The normalized spacial score (nSPS) is 12.8. The van der Waals surface area contributed by atoms with Crippen LogP contribution in [0.4, 0.5) is 0 Å². The molecule has 5 heteroatoms. The van der Waals surface area contributed by atoms with Crippen LogP contribution in [0.15, 0.2) is 30.3 Å². The summed E-state index contributed by atoms with van der Waals surface area (Å²) in [5.74, 6) is -0.0957. The van der Waals surface area contributed by atoms with Crippen LogP contribution in [0.3, 0.4) is 0 Å². The highest BCUT2D eigenvalue weighted by Gasteiger charge is 2.14. The van der Waals surface area contributed by atoms with Crippen LogP contribution in [0.1, 0.15) is 34.1 Å². The standard InChI is InChI=1S/C20H28N4O/c1-14-7-9-17(10-8-14)19(23(4)5)13-21-20(25)12-11-18-15(2)22-24(6)16(18)3/h7-12,19H,13H2,1-6H3,(H,21,25)/b12-11+/t19-/m0/s1. The van der Waals surface area contributed by atoms with E-state index in [-0.39, 0.29) is 11.9 Å². The van der Waals surface area contributed by atoms with E-state index in [2.05, 4.69) is 46.5 Å². The summed E-state index contributed by atoms with van der Waals surface area (Å²) in [7, 11) is 5.95. The van der Waals surface area contributed by atoms with E-state index in [9.17, 15) is 4.79 Å². The maximum absolute atomic E-state index is 12.2. The zero-order chi connectivity index (χ0) is 18.6. The Morgan fingerprint density at radius 2 is 1.88 bits per heavy atom. The molecule has 1 aromatic carbocycles. The molecular weight excluding hydrogens is 312 g/mol. The van der Waals surface area contributed by atoms with Gasteiger partial charge < -0.3 is 10.2 Å². The second-order valence-electron chi connectivity index (χ2n) is 6.68. The number of likely N-dealkylation sites (N-methyl/N-ethyl adjacent to an activating group) is 1. The Bertz CT molecular complexity index is 757. The second-order valence-corrected chi connectivity index (χ2v) is 6.68. The Morgan fingerprint density at radius 3 is 2.40 bits per heavy atom. The van der Waals surface area contributed by atoms with Gasteiger partial charge in [-0.25, -0.2) is 0 Å². The molecule has 0 saturated carbocycles. The molecule has 2 aromatic rings. The molecule has 0 fully saturated rings. The van der Waals surface area contributed by atoms with E-state index in [4.69, 9.17) is 0 Å². The number of nitrogens with one attached hydrogen (secondary N) is 1. The summed E-state index contributed by atoms with van der Waals surface area (Å²) in [6, 6.07) is 8.57. The third-order valence-electron chi connectivity index (χ3n) is 4.52. The van der Waals surface area contributed by atoms with Crippen molar-refractivity contribution in [1.29, 1.82) is 0 Å². The molecule has 0 unspecified atom stereocenters. The Kier molecular flexibility index (Phi) is 6.15. The van der Waals surface area contributed by atoms with Crippen molar-refractivity contribution in [1.82, 2.24) is 20.0 Å². The van der Waals surface area contributed by atoms with E-state index in [1.165, 1.54) is 11.1 Å². The van der Waals surface area contributed by atoms with E-state index < -0.39 is 0 Å². The van der Waals surface area contributed by atoms with Crippen LogP contribution in [-0.2, 0) is 11.8 Å². The largest absolute Gasteiger partial charge is 0.351 e. The number of nitrogens with zero attached hydrogens (tertiary/aromatic N) is 3. The second kappa shape index (κ2) is 8.12. The third-order valence-corrected chi connectivity index (χ3v) is 4.52. The van der Waals surface area contributed by atoms with Gasteiger partial charge in [0.1, 0.15) is 0 Å². The van der Waals surface area contributed by atoms with Gasteiger partial charge in [-0.1, -0.05) is 29.8 Å². The molecule has 0 aliphatic rings. The summed E-state index contributed by atoms with van der Waals surface area (Å²) in [5, 5.41) is 7.36. The van der Waals surface area contributed by atoms with Crippen LogP contribution in [0.2, 0.25) is 0 Å². The molecule has 0 bridgehead atoms. The minimum Gasteiger partial charge on any atom is -0.351 e. The number of hydrogen-bond donors (Lipinski definition) is 1. The first-order valence-electron chi connectivity index (χ1n) is 8.48. The minimum absolute atomic E-state index is 0.0957. The molecule has 1 atom stereocenters. The van der Waals surface area contributed by atoms with Crippen molar-refractivity contribution in [3.63, 3.8) is 0 Å². The number of carbonyl (C=O) groups excluding carboxylic acids is 1.